The van der Waals surface area contributed by atoms with Gasteiger partial charge in [0.05, 0.1) is 10.4 Å². The Kier molecular flexibility index (Phi) is 5.29. The normalized spacial score (nSPS) is 15.1. The second-order valence-electron chi connectivity index (χ2n) is 6.40. The molecule has 1 aliphatic rings. The summed E-state index contributed by atoms with van der Waals surface area (Å²) in [6.45, 7) is 5.73. The van der Waals surface area contributed by atoms with E-state index in [1.165, 1.54) is 4.90 Å². The SMILES string of the molecule is CC(C)(C)OC(=O)N1CC(C(=O)OCc2cccc(Br)c2F)C1. The molecule has 0 radical (unpaired) electrons. The van der Waals surface area contributed by atoms with Crippen molar-refractivity contribution in [2.75, 3.05) is 13.1 Å². The molecule has 2 rings (SSSR count). The van der Waals surface area contributed by atoms with E-state index in [1.54, 1.807) is 39.0 Å². The fraction of sp³-hybridized carbons (Fsp3) is 0.500. The molecule has 0 saturated carbocycles. The van der Waals surface area contributed by atoms with Gasteiger partial charge in [0.1, 0.15) is 18.0 Å². The van der Waals surface area contributed by atoms with Crippen molar-refractivity contribution >= 4 is 28.0 Å². The van der Waals surface area contributed by atoms with Crippen LogP contribution in [0.2, 0.25) is 0 Å². The van der Waals surface area contributed by atoms with E-state index in [9.17, 15) is 14.0 Å². The lowest BCUT2D eigenvalue weighted by Crippen LogP contribution is -2.54. The third kappa shape index (κ3) is 4.67. The van der Waals surface area contributed by atoms with Gasteiger partial charge < -0.3 is 14.4 Å². The number of nitrogens with zero attached hydrogens (tertiary/aromatic N) is 1. The topological polar surface area (TPSA) is 55.8 Å². The fourth-order valence-electron chi connectivity index (χ4n) is 2.03. The summed E-state index contributed by atoms with van der Waals surface area (Å²) in [5.74, 6) is -1.27. The van der Waals surface area contributed by atoms with Crippen molar-refractivity contribution in [3.63, 3.8) is 0 Å². The van der Waals surface area contributed by atoms with Crippen LogP contribution in [0.1, 0.15) is 26.3 Å². The van der Waals surface area contributed by atoms with E-state index >= 15 is 0 Å². The Morgan fingerprint density at radius 2 is 2.00 bits per heavy atom. The Morgan fingerprint density at radius 1 is 1.35 bits per heavy atom. The van der Waals surface area contributed by atoms with Crippen LogP contribution < -0.4 is 0 Å². The zero-order valence-corrected chi connectivity index (χ0v) is 14.9. The average Bonchev–Trinajstić information content (AvgIpc) is 2.36. The van der Waals surface area contributed by atoms with E-state index in [2.05, 4.69) is 15.9 Å². The summed E-state index contributed by atoms with van der Waals surface area (Å²) in [7, 11) is 0. The van der Waals surface area contributed by atoms with Gasteiger partial charge in [-0.15, -0.1) is 0 Å². The van der Waals surface area contributed by atoms with E-state index < -0.39 is 29.4 Å². The molecule has 0 aliphatic carbocycles. The molecule has 0 unspecified atom stereocenters. The molecule has 1 aliphatic heterocycles. The number of likely N-dealkylation sites (tertiary alicyclic amines) is 1. The Balaban J connectivity index is 1.79. The highest BCUT2D eigenvalue weighted by Crippen LogP contribution is 2.23. The number of hydrogen-bond donors (Lipinski definition) is 0. The zero-order chi connectivity index (χ0) is 17.2. The lowest BCUT2D eigenvalue weighted by atomic mass is 10.0. The zero-order valence-electron chi connectivity index (χ0n) is 13.3. The van der Waals surface area contributed by atoms with Gasteiger partial charge in [0, 0.05) is 18.7 Å². The van der Waals surface area contributed by atoms with E-state index in [0.29, 0.717) is 10.0 Å². The summed E-state index contributed by atoms with van der Waals surface area (Å²) in [4.78, 5) is 25.1. The number of hydrogen-bond acceptors (Lipinski definition) is 4. The third-order valence-electron chi connectivity index (χ3n) is 3.27. The number of benzene rings is 1. The molecule has 0 aromatic heterocycles. The molecule has 0 N–H and O–H groups in total. The number of ether oxygens (including phenoxy) is 2. The van der Waals surface area contributed by atoms with E-state index in [4.69, 9.17) is 9.47 Å². The summed E-state index contributed by atoms with van der Waals surface area (Å²) in [6.07, 6.45) is -0.445. The maximum Gasteiger partial charge on any atom is 0.410 e. The summed E-state index contributed by atoms with van der Waals surface area (Å²) in [5.41, 5.74) is -0.267. The maximum absolute atomic E-state index is 13.8. The summed E-state index contributed by atoms with van der Waals surface area (Å²) in [6, 6.07) is 4.80. The minimum absolute atomic E-state index is 0.132. The summed E-state index contributed by atoms with van der Waals surface area (Å²) >= 11 is 3.08. The number of carbonyl (C=O) groups is 2. The molecule has 7 heteroatoms. The first-order valence-electron chi connectivity index (χ1n) is 7.25. The van der Waals surface area contributed by atoms with Crippen LogP contribution in [-0.4, -0.2) is 35.7 Å². The highest BCUT2D eigenvalue weighted by atomic mass is 79.9. The van der Waals surface area contributed by atoms with Gasteiger partial charge in [0.15, 0.2) is 0 Å². The number of esters is 1. The van der Waals surface area contributed by atoms with E-state index in [-0.39, 0.29) is 19.7 Å². The van der Waals surface area contributed by atoms with Gasteiger partial charge in [-0.2, -0.15) is 0 Å². The minimum atomic E-state index is -0.569. The quantitative estimate of drug-likeness (QED) is 0.744. The molecular formula is C16H19BrFNO4. The number of carbonyl (C=O) groups excluding carboxylic acids is 2. The van der Waals surface area contributed by atoms with Crippen molar-refractivity contribution in [2.45, 2.75) is 33.0 Å². The smallest absolute Gasteiger partial charge is 0.410 e. The van der Waals surface area contributed by atoms with Gasteiger partial charge in [0.2, 0.25) is 0 Å². The van der Waals surface area contributed by atoms with Gasteiger partial charge in [-0.25, -0.2) is 9.18 Å². The number of amides is 1. The Morgan fingerprint density at radius 3 is 2.61 bits per heavy atom. The summed E-state index contributed by atoms with van der Waals surface area (Å²) < 4.78 is 24.4. The predicted octanol–water partition coefficient (Wildman–Crippen LogP) is 3.50. The first-order chi connectivity index (χ1) is 10.7. The van der Waals surface area contributed by atoms with Crippen molar-refractivity contribution in [1.82, 2.24) is 4.90 Å². The standard InChI is InChI=1S/C16H19BrFNO4/c1-16(2,3)23-15(21)19-7-11(8-19)14(20)22-9-10-5-4-6-12(17)13(10)18/h4-6,11H,7-9H2,1-3H3. The first kappa shape index (κ1) is 17.7. The second kappa shape index (κ2) is 6.86. The van der Waals surface area contributed by atoms with Gasteiger partial charge in [0.25, 0.3) is 0 Å². The first-order valence-corrected chi connectivity index (χ1v) is 8.04. The van der Waals surface area contributed by atoms with Gasteiger partial charge in [-0.05, 0) is 42.8 Å². The Bertz CT molecular complexity index is 609. The maximum atomic E-state index is 13.8. The van der Waals surface area contributed by atoms with Crippen LogP contribution in [0.25, 0.3) is 0 Å². The highest BCUT2D eigenvalue weighted by Gasteiger charge is 2.38. The molecule has 1 saturated heterocycles. The molecular weight excluding hydrogens is 369 g/mol. The average molecular weight is 388 g/mol. The minimum Gasteiger partial charge on any atom is -0.460 e. The molecule has 126 valence electrons. The molecule has 1 heterocycles. The van der Waals surface area contributed by atoms with Gasteiger partial charge in [-0.3, -0.25) is 4.79 Å². The third-order valence-corrected chi connectivity index (χ3v) is 3.88. The van der Waals surface area contributed by atoms with Crippen molar-refractivity contribution in [1.29, 1.82) is 0 Å². The van der Waals surface area contributed by atoms with Crippen molar-refractivity contribution in [2.24, 2.45) is 5.92 Å². The molecule has 0 atom stereocenters. The molecule has 1 aromatic rings. The van der Waals surface area contributed by atoms with Crippen molar-refractivity contribution in [3.05, 3.63) is 34.1 Å². The number of rotatable bonds is 3. The molecule has 1 aromatic carbocycles. The largest absolute Gasteiger partial charge is 0.460 e. The van der Waals surface area contributed by atoms with Crippen molar-refractivity contribution < 1.29 is 23.5 Å². The van der Waals surface area contributed by atoms with Crippen LogP contribution in [-0.2, 0) is 20.9 Å². The molecule has 5 nitrogen and oxygen atoms in total. The summed E-state index contributed by atoms with van der Waals surface area (Å²) in [5, 5.41) is 0. The van der Waals surface area contributed by atoms with Gasteiger partial charge >= 0.3 is 12.1 Å². The Hall–Kier alpha value is -1.63. The highest BCUT2D eigenvalue weighted by molar-refractivity contribution is 9.10. The Labute approximate surface area is 142 Å². The van der Waals surface area contributed by atoms with E-state index in [0.717, 1.165) is 0 Å². The molecule has 1 fully saturated rings. The molecule has 0 bridgehead atoms. The van der Waals surface area contributed by atoms with Crippen LogP contribution in [0, 0.1) is 11.7 Å². The van der Waals surface area contributed by atoms with Crippen LogP contribution in [0.4, 0.5) is 9.18 Å². The monoisotopic (exact) mass is 387 g/mol. The lowest BCUT2D eigenvalue weighted by Gasteiger charge is -2.38. The number of halogens is 2. The molecule has 1 amide bonds. The van der Waals surface area contributed by atoms with Crippen LogP contribution in [0.3, 0.4) is 0 Å². The van der Waals surface area contributed by atoms with E-state index in [1.807, 2.05) is 0 Å². The predicted molar refractivity (Wildman–Crippen MR) is 85.2 cm³/mol. The van der Waals surface area contributed by atoms with Crippen molar-refractivity contribution in [3.8, 4) is 0 Å². The lowest BCUT2D eigenvalue weighted by molar-refractivity contribution is -0.155. The second-order valence-corrected chi connectivity index (χ2v) is 7.26. The molecule has 0 spiro atoms. The van der Waals surface area contributed by atoms with Gasteiger partial charge in [-0.1, -0.05) is 12.1 Å². The van der Waals surface area contributed by atoms with Crippen LogP contribution in [0.15, 0.2) is 22.7 Å². The van der Waals surface area contributed by atoms with Crippen LogP contribution in [0.5, 0.6) is 0 Å². The fourth-order valence-corrected chi connectivity index (χ4v) is 2.44. The van der Waals surface area contributed by atoms with Crippen LogP contribution >= 0.6 is 15.9 Å². The molecule has 23 heavy (non-hydrogen) atoms.